The standard InChI is InChI=1S/C24H19FN2O4/c1-31-18-6-4-5-15(13-18)14-27-21(19-7-2-3-12-26-19)20(23(29)24(27)30)22(28)16-8-10-17(25)11-9-16/h2-13,21,28H,14H2,1H3/b22-20-. The van der Waals surface area contributed by atoms with E-state index in [9.17, 15) is 19.1 Å². The lowest BCUT2D eigenvalue weighted by Crippen LogP contribution is -2.29. The van der Waals surface area contributed by atoms with Gasteiger partial charge in [0.1, 0.15) is 23.4 Å². The summed E-state index contributed by atoms with van der Waals surface area (Å²) >= 11 is 0. The molecule has 0 saturated carbocycles. The Hall–Kier alpha value is -4.00. The highest BCUT2D eigenvalue weighted by atomic mass is 19.1. The van der Waals surface area contributed by atoms with Gasteiger partial charge in [-0.25, -0.2) is 4.39 Å². The Labute approximate surface area is 178 Å². The summed E-state index contributed by atoms with van der Waals surface area (Å²) in [6, 6.07) is 16.5. The summed E-state index contributed by atoms with van der Waals surface area (Å²) in [5, 5.41) is 10.9. The molecule has 4 rings (SSSR count). The molecule has 1 amide bonds. The zero-order valence-electron chi connectivity index (χ0n) is 16.7. The fraction of sp³-hybridized carbons (Fsp3) is 0.125. The molecule has 0 aliphatic carbocycles. The Morgan fingerprint density at radius 3 is 2.55 bits per heavy atom. The molecule has 31 heavy (non-hydrogen) atoms. The molecule has 1 aliphatic rings. The number of nitrogens with zero attached hydrogens (tertiary/aromatic N) is 2. The van der Waals surface area contributed by atoms with Crippen LogP contribution in [0.4, 0.5) is 4.39 Å². The van der Waals surface area contributed by atoms with Gasteiger partial charge in [-0.15, -0.1) is 0 Å². The van der Waals surface area contributed by atoms with Gasteiger partial charge in [-0.1, -0.05) is 18.2 Å². The van der Waals surface area contributed by atoms with E-state index in [-0.39, 0.29) is 23.4 Å². The molecule has 2 heterocycles. The second-order valence-electron chi connectivity index (χ2n) is 7.04. The van der Waals surface area contributed by atoms with Crippen LogP contribution < -0.4 is 4.74 Å². The van der Waals surface area contributed by atoms with Gasteiger partial charge < -0.3 is 14.7 Å². The van der Waals surface area contributed by atoms with E-state index in [1.165, 1.54) is 29.2 Å². The van der Waals surface area contributed by atoms with E-state index in [0.717, 1.165) is 5.56 Å². The van der Waals surface area contributed by atoms with E-state index in [1.54, 1.807) is 49.7 Å². The van der Waals surface area contributed by atoms with Crippen molar-refractivity contribution in [3.63, 3.8) is 0 Å². The van der Waals surface area contributed by atoms with E-state index in [2.05, 4.69) is 4.98 Å². The SMILES string of the molecule is COc1cccc(CN2C(=O)C(=O)/C(=C(\O)c3ccc(F)cc3)C2c2ccccn2)c1. The molecule has 1 N–H and O–H groups in total. The Morgan fingerprint density at radius 1 is 1.10 bits per heavy atom. The molecule has 1 aliphatic heterocycles. The van der Waals surface area contributed by atoms with Crippen molar-refractivity contribution < 1.29 is 23.8 Å². The van der Waals surface area contributed by atoms with E-state index in [0.29, 0.717) is 11.4 Å². The van der Waals surface area contributed by atoms with Crippen molar-refractivity contribution in [2.24, 2.45) is 0 Å². The monoisotopic (exact) mass is 418 g/mol. The van der Waals surface area contributed by atoms with Crippen molar-refractivity contribution in [2.45, 2.75) is 12.6 Å². The van der Waals surface area contributed by atoms with Gasteiger partial charge in [-0.3, -0.25) is 14.6 Å². The number of halogens is 1. The maximum atomic E-state index is 13.3. The third-order valence-electron chi connectivity index (χ3n) is 5.11. The van der Waals surface area contributed by atoms with E-state index in [1.807, 2.05) is 6.07 Å². The number of ketones is 1. The first-order valence-corrected chi connectivity index (χ1v) is 9.58. The number of carbonyl (C=O) groups excluding carboxylic acids is 2. The average molecular weight is 418 g/mol. The topological polar surface area (TPSA) is 79.7 Å². The van der Waals surface area contributed by atoms with Crippen LogP contribution in [0, 0.1) is 5.82 Å². The number of Topliss-reactive ketones (excluding diaryl/α,β-unsaturated/α-hetero) is 1. The highest BCUT2D eigenvalue weighted by Crippen LogP contribution is 2.39. The summed E-state index contributed by atoms with van der Waals surface area (Å²) < 4.78 is 18.6. The highest BCUT2D eigenvalue weighted by molar-refractivity contribution is 6.46. The lowest BCUT2D eigenvalue weighted by atomic mass is 9.98. The second-order valence-corrected chi connectivity index (χ2v) is 7.04. The Balaban J connectivity index is 1.83. The molecule has 0 radical (unpaired) electrons. The minimum atomic E-state index is -0.891. The van der Waals surface area contributed by atoms with Crippen molar-refractivity contribution in [1.82, 2.24) is 9.88 Å². The number of aliphatic hydroxyl groups excluding tert-OH is 1. The molecule has 7 heteroatoms. The minimum Gasteiger partial charge on any atom is -0.507 e. The van der Waals surface area contributed by atoms with Gasteiger partial charge in [0.25, 0.3) is 11.7 Å². The molecular weight excluding hydrogens is 399 g/mol. The molecule has 3 aromatic rings. The highest BCUT2D eigenvalue weighted by Gasteiger charge is 2.46. The number of pyridine rings is 1. The maximum Gasteiger partial charge on any atom is 0.296 e. The summed E-state index contributed by atoms with van der Waals surface area (Å²) in [6.45, 7) is 0.114. The lowest BCUT2D eigenvalue weighted by molar-refractivity contribution is -0.140. The first kappa shape index (κ1) is 20.3. The van der Waals surface area contributed by atoms with Gasteiger partial charge in [0.15, 0.2) is 0 Å². The molecule has 0 bridgehead atoms. The minimum absolute atomic E-state index is 0.0850. The number of methoxy groups -OCH3 is 1. The number of hydrogen-bond acceptors (Lipinski definition) is 5. The van der Waals surface area contributed by atoms with Gasteiger partial charge in [0.05, 0.1) is 18.4 Å². The largest absolute Gasteiger partial charge is 0.507 e. The van der Waals surface area contributed by atoms with Gasteiger partial charge >= 0.3 is 0 Å². The Morgan fingerprint density at radius 2 is 1.87 bits per heavy atom. The van der Waals surface area contributed by atoms with Crippen LogP contribution in [-0.2, 0) is 16.1 Å². The quantitative estimate of drug-likeness (QED) is 0.387. The summed E-state index contributed by atoms with van der Waals surface area (Å²) in [5.41, 5.74) is 1.34. The first-order valence-electron chi connectivity index (χ1n) is 9.58. The van der Waals surface area contributed by atoms with Crippen LogP contribution in [-0.4, -0.2) is 33.8 Å². The third kappa shape index (κ3) is 3.90. The Kier molecular flexibility index (Phi) is 5.49. The lowest BCUT2D eigenvalue weighted by Gasteiger charge is -2.24. The van der Waals surface area contributed by atoms with Gasteiger partial charge in [0.2, 0.25) is 0 Å². The van der Waals surface area contributed by atoms with Gasteiger partial charge in [0, 0.05) is 18.3 Å². The fourth-order valence-corrected chi connectivity index (χ4v) is 3.62. The molecular formula is C24H19FN2O4. The number of benzene rings is 2. The smallest absolute Gasteiger partial charge is 0.296 e. The number of likely N-dealkylation sites (tertiary alicyclic amines) is 1. The van der Waals surface area contributed by atoms with E-state index in [4.69, 9.17) is 4.74 Å². The molecule has 156 valence electrons. The Bertz CT molecular complexity index is 1160. The molecule has 1 aromatic heterocycles. The first-order chi connectivity index (χ1) is 15.0. The van der Waals surface area contributed by atoms with Crippen LogP contribution in [0.3, 0.4) is 0 Å². The summed E-state index contributed by atoms with van der Waals surface area (Å²) in [7, 11) is 1.54. The number of hydrogen-bond donors (Lipinski definition) is 1. The number of rotatable bonds is 5. The average Bonchev–Trinajstić information content (AvgIpc) is 3.04. The predicted octanol–water partition coefficient (Wildman–Crippen LogP) is 3.85. The number of ether oxygens (including phenoxy) is 1. The third-order valence-corrected chi connectivity index (χ3v) is 5.11. The number of carbonyl (C=O) groups is 2. The predicted molar refractivity (Wildman–Crippen MR) is 111 cm³/mol. The second kappa shape index (κ2) is 8.39. The maximum absolute atomic E-state index is 13.3. The molecule has 6 nitrogen and oxygen atoms in total. The normalized spacial score (nSPS) is 17.7. The van der Waals surface area contributed by atoms with Crippen molar-refractivity contribution in [3.05, 3.63) is 101 Å². The van der Waals surface area contributed by atoms with Crippen LogP contribution in [0.25, 0.3) is 5.76 Å². The fourth-order valence-electron chi connectivity index (χ4n) is 3.62. The van der Waals surface area contributed by atoms with Crippen LogP contribution in [0.15, 0.2) is 78.5 Å². The molecule has 1 fully saturated rings. The number of aliphatic hydroxyl groups is 1. The van der Waals surface area contributed by atoms with Gasteiger partial charge in [-0.2, -0.15) is 0 Å². The van der Waals surface area contributed by atoms with Crippen molar-refractivity contribution in [3.8, 4) is 5.75 Å². The molecule has 2 aromatic carbocycles. The zero-order valence-corrected chi connectivity index (χ0v) is 16.7. The zero-order chi connectivity index (χ0) is 22.0. The summed E-state index contributed by atoms with van der Waals surface area (Å²) in [5.74, 6) is -1.80. The van der Waals surface area contributed by atoms with Crippen LogP contribution in [0.2, 0.25) is 0 Å². The van der Waals surface area contributed by atoms with Gasteiger partial charge in [-0.05, 0) is 54.1 Å². The van der Waals surface area contributed by atoms with E-state index >= 15 is 0 Å². The summed E-state index contributed by atoms with van der Waals surface area (Å²) in [4.78, 5) is 31.6. The molecule has 0 spiro atoms. The summed E-state index contributed by atoms with van der Waals surface area (Å²) in [6.07, 6.45) is 1.55. The number of amides is 1. The van der Waals surface area contributed by atoms with Crippen molar-refractivity contribution in [1.29, 1.82) is 0 Å². The number of aromatic nitrogens is 1. The molecule has 1 atom stereocenters. The van der Waals surface area contributed by atoms with E-state index < -0.39 is 23.5 Å². The van der Waals surface area contributed by atoms with Crippen molar-refractivity contribution >= 4 is 17.4 Å². The molecule has 1 unspecified atom stereocenters. The van der Waals surface area contributed by atoms with Crippen LogP contribution in [0.5, 0.6) is 5.75 Å². The van der Waals surface area contributed by atoms with Crippen molar-refractivity contribution in [2.75, 3.05) is 7.11 Å². The van der Waals surface area contributed by atoms with Crippen LogP contribution in [0.1, 0.15) is 22.9 Å². The van der Waals surface area contributed by atoms with Crippen LogP contribution >= 0.6 is 0 Å². The molecule has 1 saturated heterocycles.